The fourth-order valence-electron chi connectivity index (χ4n) is 2.54. The summed E-state index contributed by atoms with van der Waals surface area (Å²) >= 11 is 0. The largest absolute Gasteiger partial charge is 0.484 e. The van der Waals surface area contributed by atoms with Crippen LogP contribution in [0.4, 0.5) is 0 Å². The van der Waals surface area contributed by atoms with E-state index in [-0.39, 0.29) is 12.5 Å². The maximum absolute atomic E-state index is 11.8. The quantitative estimate of drug-likeness (QED) is 0.882. The molecule has 4 heteroatoms. The highest BCUT2D eigenvalue weighted by atomic mass is 16.5. The molecule has 0 aliphatic heterocycles. The highest BCUT2D eigenvalue weighted by molar-refractivity contribution is 6.04. The summed E-state index contributed by atoms with van der Waals surface area (Å²) < 4.78 is 5.45. The molecule has 1 amide bonds. The van der Waals surface area contributed by atoms with Gasteiger partial charge < -0.3 is 4.74 Å². The number of nitrogens with zero attached hydrogens (tertiary/aromatic N) is 1. The van der Waals surface area contributed by atoms with Gasteiger partial charge >= 0.3 is 0 Å². The first-order valence-corrected chi connectivity index (χ1v) is 7.35. The lowest BCUT2D eigenvalue weighted by Crippen LogP contribution is -2.25. The number of hydrazone groups is 1. The molecule has 0 saturated carbocycles. The SMILES string of the molecule is Cc1cccc(OCC(=O)N/N=C2/CCc3ccccc32)c1. The molecule has 0 atom stereocenters. The summed E-state index contributed by atoms with van der Waals surface area (Å²) in [6, 6.07) is 15.8. The molecule has 4 nitrogen and oxygen atoms in total. The third kappa shape index (κ3) is 3.34. The molecule has 3 rings (SSSR count). The average Bonchev–Trinajstić information content (AvgIpc) is 2.94. The molecule has 0 aromatic heterocycles. The van der Waals surface area contributed by atoms with Gasteiger partial charge in [-0.25, -0.2) is 5.43 Å². The van der Waals surface area contributed by atoms with Crippen LogP contribution >= 0.6 is 0 Å². The predicted molar refractivity (Wildman–Crippen MR) is 86.1 cm³/mol. The van der Waals surface area contributed by atoms with Gasteiger partial charge in [-0.05, 0) is 43.0 Å². The van der Waals surface area contributed by atoms with E-state index >= 15 is 0 Å². The summed E-state index contributed by atoms with van der Waals surface area (Å²) in [5.41, 5.74) is 7.01. The molecule has 1 aliphatic rings. The van der Waals surface area contributed by atoms with Gasteiger partial charge in [0.05, 0.1) is 5.71 Å². The fourth-order valence-corrected chi connectivity index (χ4v) is 2.54. The van der Waals surface area contributed by atoms with Gasteiger partial charge in [0.1, 0.15) is 5.75 Å². The molecule has 112 valence electrons. The minimum absolute atomic E-state index is 0.0398. The van der Waals surface area contributed by atoms with E-state index in [1.165, 1.54) is 5.56 Å². The third-order valence-electron chi connectivity index (χ3n) is 3.63. The number of amides is 1. The number of ether oxygens (including phenoxy) is 1. The predicted octanol–water partition coefficient (Wildman–Crippen LogP) is 2.84. The lowest BCUT2D eigenvalue weighted by Gasteiger charge is -2.06. The number of carbonyl (C=O) groups is 1. The number of hydrogen-bond donors (Lipinski definition) is 1. The van der Waals surface area contributed by atoms with Gasteiger partial charge in [-0.15, -0.1) is 0 Å². The summed E-state index contributed by atoms with van der Waals surface area (Å²) in [6.07, 6.45) is 1.84. The summed E-state index contributed by atoms with van der Waals surface area (Å²) in [4.78, 5) is 11.8. The van der Waals surface area contributed by atoms with Crippen LogP contribution in [0.1, 0.15) is 23.1 Å². The Morgan fingerprint density at radius 2 is 2.05 bits per heavy atom. The zero-order valence-electron chi connectivity index (χ0n) is 12.5. The lowest BCUT2D eigenvalue weighted by molar-refractivity contribution is -0.123. The van der Waals surface area contributed by atoms with E-state index in [0.717, 1.165) is 29.7 Å². The Bertz CT molecular complexity index is 723. The lowest BCUT2D eigenvalue weighted by atomic mass is 10.1. The van der Waals surface area contributed by atoms with Crippen LogP contribution < -0.4 is 10.2 Å². The van der Waals surface area contributed by atoms with Crippen molar-refractivity contribution in [2.75, 3.05) is 6.61 Å². The van der Waals surface area contributed by atoms with Gasteiger partial charge in [-0.3, -0.25) is 4.79 Å². The first-order chi connectivity index (χ1) is 10.7. The molecular weight excluding hydrogens is 276 g/mol. The second kappa shape index (κ2) is 6.43. The van der Waals surface area contributed by atoms with Crippen molar-refractivity contribution in [2.45, 2.75) is 19.8 Å². The highest BCUT2D eigenvalue weighted by Gasteiger charge is 2.17. The van der Waals surface area contributed by atoms with E-state index in [0.29, 0.717) is 5.75 Å². The Hall–Kier alpha value is -2.62. The average molecular weight is 294 g/mol. The minimum atomic E-state index is -0.251. The number of nitrogens with one attached hydrogen (secondary N) is 1. The summed E-state index contributed by atoms with van der Waals surface area (Å²) in [5.74, 6) is 0.437. The molecule has 1 N–H and O–H groups in total. The molecule has 0 radical (unpaired) electrons. The van der Waals surface area contributed by atoms with Crippen molar-refractivity contribution in [3.8, 4) is 5.75 Å². The van der Waals surface area contributed by atoms with Crippen LogP contribution in [0.2, 0.25) is 0 Å². The molecule has 2 aromatic rings. The van der Waals surface area contributed by atoms with Crippen LogP contribution in [0.5, 0.6) is 5.75 Å². The Balaban J connectivity index is 1.56. The molecule has 1 aliphatic carbocycles. The van der Waals surface area contributed by atoms with E-state index in [1.54, 1.807) is 0 Å². The monoisotopic (exact) mass is 294 g/mol. The van der Waals surface area contributed by atoms with E-state index in [2.05, 4.69) is 16.6 Å². The van der Waals surface area contributed by atoms with Crippen LogP contribution in [0.25, 0.3) is 0 Å². The summed E-state index contributed by atoms with van der Waals surface area (Å²) in [6.45, 7) is 1.94. The van der Waals surface area contributed by atoms with Crippen molar-refractivity contribution in [3.05, 3.63) is 65.2 Å². The normalized spacial score (nSPS) is 14.7. The first-order valence-electron chi connectivity index (χ1n) is 7.35. The van der Waals surface area contributed by atoms with Gasteiger partial charge in [0.2, 0.25) is 0 Å². The highest BCUT2D eigenvalue weighted by Crippen LogP contribution is 2.21. The molecule has 0 bridgehead atoms. The Morgan fingerprint density at radius 1 is 1.18 bits per heavy atom. The number of carbonyl (C=O) groups excluding carboxylic acids is 1. The maximum atomic E-state index is 11.8. The smallest absolute Gasteiger partial charge is 0.277 e. The van der Waals surface area contributed by atoms with Crippen molar-refractivity contribution >= 4 is 11.6 Å². The molecule has 0 unspecified atom stereocenters. The maximum Gasteiger partial charge on any atom is 0.277 e. The Labute approximate surface area is 129 Å². The number of aryl methyl sites for hydroxylation is 2. The molecule has 0 fully saturated rings. The second-order valence-electron chi connectivity index (χ2n) is 5.36. The topological polar surface area (TPSA) is 50.7 Å². The standard InChI is InChI=1S/C18H18N2O2/c1-13-5-4-7-15(11-13)22-12-18(21)20-19-17-10-9-14-6-2-3-8-16(14)17/h2-8,11H,9-10,12H2,1H3,(H,20,21)/b19-17-. The van der Waals surface area contributed by atoms with Crippen molar-refractivity contribution in [2.24, 2.45) is 5.10 Å². The van der Waals surface area contributed by atoms with Crippen molar-refractivity contribution < 1.29 is 9.53 Å². The van der Waals surface area contributed by atoms with Gasteiger partial charge in [0.15, 0.2) is 6.61 Å². The van der Waals surface area contributed by atoms with Crippen LogP contribution in [0, 0.1) is 6.92 Å². The van der Waals surface area contributed by atoms with Crippen LogP contribution in [-0.2, 0) is 11.2 Å². The van der Waals surface area contributed by atoms with Crippen LogP contribution in [-0.4, -0.2) is 18.2 Å². The summed E-state index contributed by atoms with van der Waals surface area (Å²) in [5, 5.41) is 4.23. The fraction of sp³-hybridized carbons (Fsp3) is 0.222. The molecular formula is C18H18N2O2. The summed E-state index contributed by atoms with van der Waals surface area (Å²) in [7, 11) is 0. The minimum Gasteiger partial charge on any atom is -0.484 e. The van der Waals surface area contributed by atoms with Crippen molar-refractivity contribution in [1.82, 2.24) is 5.43 Å². The zero-order valence-corrected chi connectivity index (χ0v) is 12.5. The molecule has 0 saturated heterocycles. The number of hydrogen-bond acceptors (Lipinski definition) is 3. The van der Waals surface area contributed by atoms with E-state index in [9.17, 15) is 4.79 Å². The van der Waals surface area contributed by atoms with Gasteiger partial charge in [0, 0.05) is 5.56 Å². The molecule has 0 spiro atoms. The van der Waals surface area contributed by atoms with E-state index < -0.39 is 0 Å². The number of rotatable bonds is 4. The van der Waals surface area contributed by atoms with E-state index in [4.69, 9.17) is 4.74 Å². The number of fused-ring (bicyclic) bond motifs is 1. The third-order valence-corrected chi connectivity index (χ3v) is 3.63. The van der Waals surface area contributed by atoms with Crippen molar-refractivity contribution in [1.29, 1.82) is 0 Å². The van der Waals surface area contributed by atoms with Gasteiger partial charge in [0.25, 0.3) is 5.91 Å². The second-order valence-corrected chi connectivity index (χ2v) is 5.36. The molecule has 22 heavy (non-hydrogen) atoms. The van der Waals surface area contributed by atoms with Crippen LogP contribution in [0.15, 0.2) is 53.6 Å². The van der Waals surface area contributed by atoms with Crippen molar-refractivity contribution in [3.63, 3.8) is 0 Å². The first kappa shape index (κ1) is 14.3. The molecule has 2 aromatic carbocycles. The van der Waals surface area contributed by atoms with Gasteiger partial charge in [-0.2, -0.15) is 5.10 Å². The van der Waals surface area contributed by atoms with Crippen LogP contribution in [0.3, 0.4) is 0 Å². The van der Waals surface area contributed by atoms with Gasteiger partial charge in [-0.1, -0.05) is 36.4 Å². The Kier molecular flexibility index (Phi) is 4.19. The number of benzene rings is 2. The van der Waals surface area contributed by atoms with E-state index in [1.807, 2.05) is 49.4 Å². The Morgan fingerprint density at radius 3 is 2.91 bits per heavy atom. The molecule has 0 heterocycles. The zero-order chi connectivity index (χ0) is 15.4.